The molecule has 6 nitrogen and oxygen atoms in total. The van der Waals surface area contributed by atoms with Gasteiger partial charge in [0.1, 0.15) is 11.6 Å². The molecule has 0 aliphatic heterocycles. The quantitative estimate of drug-likeness (QED) is 0.460. The minimum Gasteiger partial charge on any atom is -0.497 e. The van der Waals surface area contributed by atoms with Crippen molar-refractivity contribution >= 4 is 16.8 Å². The number of methoxy groups -OCH3 is 1. The highest BCUT2D eigenvalue weighted by Crippen LogP contribution is 2.16. The van der Waals surface area contributed by atoms with Gasteiger partial charge in [-0.3, -0.25) is 9.59 Å². The minimum absolute atomic E-state index is 0.000443. The molecule has 1 amide bonds. The predicted octanol–water partition coefficient (Wildman–Crippen LogP) is 4.09. The Balaban J connectivity index is 1.57. The van der Waals surface area contributed by atoms with E-state index in [-0.39, 0.29) is 18.0 Å². The van der Waals surface area contributed by atoms with Crippen molar-refractivity contribution in [2.24, 2.45) is 0 Å². The number of carbonyl (C=O) groups is 1. The Kier molecular flexibility index (Phi) is 6.60. The molecule has 0 saturated heterocycles. The Morgan fingerprint density at radius 1 is 0.906 bits per heavy atom. The molecule has 1 heterocycles. The number of aryl methyl sites for hydroxylation is 1. The van der Waals surface area contributed by atoms with Crippen molar-refractivity contribution in [3.05, 3.63) is 106 Å². The maximum Gasteiger partial charge on any atom is 0.258 e. The van der Waals surface area contributed by atoms with Gasteiger partial charge in [-0.2, -0.15) is 0 Å². The van der Waals surface area contributed by atoms with Crippen LogP contribution < -0.4 is 10.3 Å². The van der Waals surface area contributed by atoms with Crippen molar-refractivity contribution in [2.75, 3.05) is 7.11 Å². The van der Waals surface area contributed by atoms with Gasteiger partial charge in [-0.05, 0) is 41.8 Å². The minimum atomic E-state index is -0.202. The Hall–Kier alpha value is -3.93. The molecule has 162 valence electrons. The van der Waals surface area contributed by atoms with Gasteiger partial charge in [0.25, 0.3) is 5.56 Å². The number of para-hydroxylation sites is 1. The van der Waals surface area contributed by atoms with Crippen LogP contribution in [0, 0.1) is 0 Å². The zero-order valence-corrected chi connectivity index (χ0v) is 18.0. The summed E-state index contributed by atoms with van der Waals surface area (Å²) in [7, 11) is 1.62. The van der Waals surface area contributed by atoms with Crippen LogP contribution in [-0.4, -0.2) is 27.9 Å². The Labute approximate surface area is 186 Å². The first-order valence-corrected chi connectivity index (χ1v) is 10.5. The molecule has 0 unspecified atom stereocenters. The van der Waals surface area contributed by atoms with Gasteiger partial charge in [0.2, 0.25) is 5.91 Å². The zero-order chi connectivity index (χ0) is 22.3. The molecule has 1 N–H and O–H groups in total. The molecule has 4 aromatic rings. The van der Waals surface area contributed by atoms with Crippen LogP contribution in [0.2, 0.25) is 0 Å². The predicted molar refractivity (Wildman–Crippen MR) is 124 cm³/mol. The highest BCUT2D eigenvalue weighted by atomic mass is 16.5. The third-order valence-electron chi connectivity index (χ3n) is 5.36. The number of fused-ring (bicyclic) bond motifs is 1. The van der Waals surface area contributed by atoms with Crippen LogP contribution in [0.4, 0.5) is 0 Å². The highest BCUT2D eigenvalue weighted by Gasteiger charge is 2.17. The molecule has 6 heteroatoms. The molecule has 0 aliphatic rings. The number of ether oxygens (including phenoxy) is 1. The maximum absolute atomic E-state index is 13.2. The Morgan fingerprint density at radius 2 is 1.62 bits per heavy atom. The number of aromatic amines is 1. The maximum atomic E-state index is 13.2. The SMILES string of the molecule is COc1ccc(CN(Cc2nc3ccccc3c(=O)[nH]2)C(=O)CCc2ccccc2)cc1. The van der Waals surface area contributed by atoms with Crippen molar-refractivity contribution in [2.45, 2.75) is 25.9 Å². The van der Waals surface area contributed by atoms with Crippen molar-refractivity contribution in [3.63, 3.8) is 0 Å². The lowest BCUT2D eigenvalue weighted by atomic mass is 10.1. The molecule has 0 bridgehead atoms. The number of nitrogens with one attached hydrogen (secondary N) is 1. The fraction of sp³-hybridized carbons (Fsp3) is 0.192. The molecule has 32 heavy (non-hydrogen) atoms. The van der Waals surface area contributed by atoms with E-state index in [9.17, 15) is 9.59 Å². The molecule has 0 radical (unpaired) electrons. The number of H-pyrrole nitrogens is 1. The lowest BCUT2D eigenvalue weighted by molar-refractivity contribution is -0.132. The first kappa shape index (κ1) is 21.3. The van der Waals surface area contributed by atoms with E-state index in [1.807, 2.05) is 66.7 Å². The summed E-state index contributed by atoms with van der Waals surface area (Å²) in [4.78, 5) is 34.8. The van der Waals surface area contributed by atoms with Gasteiger partial charge in [0, 0.05) is 13.0 Å². The van der Waals surface area contributed by atoms with Crippen LogP contribution >= 0.6 is 0 Å². The molecule has 0 fully saturated rings. The van der Waals surface area contributed by atoms with E-state index in [1.54, 1.807) is 24.1 Å². The average Bonchev–Trinajstić information content (AvgIpc) is 2.83. The number of nitrogens with zero attached hydrogens (tertiary/aromatic N) is 2. The molecule has 0 saturated carbocycles. The van der Waals surface area contributed by atoms with E-state index in [2.05, 4.69) is 9.97 Å². The van der Waals surface area contributed by atoms with Crippen LogP contribution in [0.25, 0.3) is 10.9 Å². The summed E-state index contributed by atoms with van der Waals surface area (Å²) >= 11 is 0. The second kappa shape index (κ2) is 9.92. The summed E-state index contributed by atoms with van der Waals surface area (Å²) in [5.41, 5.74) is 2.50. The first-order chi connectivity index (χ1) is 15.6. The molecule has 1 aromatic heterocycles. The Bertz CT molecular complexity index is 1250. The van der Waals surface area contributed by atoms with Gasteiger partial charge in [0.05, 0.1) is 24.6 Å². The monoisotopic (exact) mass is 427 g/mol. The van der Waals surface area contributed by atoms with Gasteiger partial charge in [-0.25, -0.2) is 4.98 Å². The largest absolute Gasteiger partial charge is 0.497 e. The standard InChI is InChI=1S/C26H25N3O3/c1-32-21-14-11-20(12-15-21)17-29(25(30)16-13-19-7-3-2-4-8-19)18-24-27-23-10-6-5-9-22(23)26(31)28-24/h2-12,14-15H,13,16-18H2,1H3,(H,27,28,31). The third-order valence-corrected chi connectivity index (χ3v) is 5.36. The second-order valence-corrected chi connectivity index (χ2v) is 7.61. The summed E-state index contributed by atoms with van der Waals surface area (Å²) in [6.07, 6.45) is 1.03. The highest BCUT2D eigenvalue weighted by molar-refractivity contribution is 5.78. The van der Waals surface area contributed by atoms with Crippen molar-refractivity contribution in [3.8, 4) is 5.75 Å². The lowest BCUT2D eigenvalue weighted by Gasteiger charge is -2.23. The van der Waals surface area contributed by atoms with Crippen molar-refractivity contribution in [1.29, 1.82) is 0 Å². The molecule has 3 aromatic carbocycles. The van der Waals surface area contributed by atoms with Crippen molar-refractivity contribution in [1.82, 2.24) is 14.9 Å². The smallest absolute Gasteiger partial charge is 0.258 e. The van der Waals surface area contributed by atoms with Gasteiger partial charge < -0.3 is 14.6 Å². The normalized spacial score (nSPS) is 10.8. The van der Waals surface area contributed by atoms with E-state index in [0.717, 1.165) is 16.9 Å². The molecule has 0 spiro atoms. The van der Waals surface area contributed by atoms with Gasteiger partial charge in [0.15, 0.2) is 0 Å². The number of hydrogen-bond donors (Lipinski definition) is 1. The topological polar surface area (TPSA) is 75.3 Å². The zero-order valence-electron chi connectivity index (χ0n) is 18.0. The average molecular weight is 428 g/mol. The number of hydrogen-bond acceptors (Lipinski definition) is 4. The number of benzene rings is 3. The summed E-state index contributed by atoms with van der Waals surface area (Å²) in [6.45, 7) is 0.633. The van der Waals surface area contributed by atoms with Crippen LogP contribution in [0.1, 0.15) is 23.4 Å². The summed E-state index contributed by atoms with van der Waals surface area (Å²) in [6, 6.07) is 24.8. The van der Waals surface area contributed by atoms with Crippen LogP contribution in [0.5, 0.6) is 5.75 Å². The fourth-order valence-electron chi connectivity index (χ4n) is 3.63. The number of amides is 1. The van der Waals surface area contributed by atoms with Gasteiger partial charge in [-0.15, -0.1) is 0 Å². The van der Waals surface area contributed by atoms with E-state index >= 15 is 0 Å². The number of aromatic nitrogens is 2. The van der Waals surface area contributed by atoms with E-state index < -0.39 is 0 Å². The number of carbonyl (C=O) groups excluding carboxylic acids is 1. The molecular weight excluding hydrogens is 402 g/mol. The molecule has 0 atom stereocenters. The van der Waals surface area contributed by atoms with E-state index in [0.29, 0.717) is 36.1 Å². The lowest BCUT2D eigenvalue weighted by Crippen LogP contribution is -2.32. The summed E-state index contributed by atoms with van der Waals surface area (Å²) in [5, 5.41) is 0.536. The van der Waals surface area contributed by atoms with Gasteiger partial charge in [-0.1, -0.05) is 54.6 Å². The Morgan fingerprint density at radius 3 is 2.38 bits per heavy atom. The van der Waals surface area contributed by atoms with Gasteiger partial charge >= 0.3 is 0 Å². The fourth-order valence-corrected chi connectivity index (χ4v) is 3.63. The number of rotatable bonds is 8. The summed E-state index contributed by atoms with van der Waals surface area (Å²) in [5.74, 6) is 1.23. The van der Waals surface area contributed by atoms with Crippen LogP contribution in [-0.2, 0) is 24.3 Å². The van der Waals surface area contributed by atoms with Crippen LogP contribution in [0.3, 0.4) is 0 Å². The molecular formula is C26H25N3O3. The van der Waals surface area contributed by atoms with Crippen LogP contribution in [0.15, 0.2) is 83.7 Å². The van der Waals surface area contributed by atoms with E-state index in [1.165, 1.54) is 0 Å². The third kappa shape index (κ3) is 5.21. The first-order valence-electron chi connectivity index (χ1n) is 10.5. The molecule has 0 aliphatic carbocycles. The van der Waals surface area contributed by atoms with E-state index in [4.69, 9.17) is 4.74 Å². The van der Waals surface area contributed by atoms with Crippen molar-refractivity contribution < 1.29 is 9.53 Å². The second-order valence-electron chi connectivity index (χ2n) is 7.61. The summed E-state index contributed by atoms with van der Waals surface area (Å²) < 4.78 is 5.23. The molecule has 4 rings (SSSR count).